The van der Waals surface area contributed by atoms with Gasteiger partial charge in [-0.1, -0.05) is 24.3 Å². The summed E-state index contributed by atoms with van der Waals surface area (Å²) in [6, 6.07) is 8.62. The second-order valence-electron chi connectivity index (χ2n) is 6.73. The number of anilines is 2. The van der Waals surface area contributed by atoms with E-state index in [0.717, 1.165) is 16.1 Å². The number of sulfonamides is 1. The molecule has 0 radical (unpaired) electrons. The van der Waals surface area contributed by atoms with Crippen LogP contribution in [0.4, 0.5) is 11.5 Å². The number of carbonyl (C=O) groups is 2. The van der Waals surface area contributed by atoms with Crippen molar-refractivity contribution in [2.24, 2.45) is 0 Å². The van der Waals surface area contributed by atoms with Crippen molar-refractivity contribution in [3.8, 4) is 11.1 Å². The molecule has 2 aromatic rings. The molecule has 0 bridgehead atoms. The molecule has 1 aromatic carbocycles. The van der Waals surface area contributed by atoms with E-state index < -0.39 is 15.9 Å². The fourth-order valence-corrected chi connectivity index (χ4v) is 2.96. The van der Waals surface area contributed by atoms with Crippen LogP contribution in [0, 0.1) is 0 Å². The number of rotatable bonds is 7. The van der Waals surface area contributed by atoms with Crippen molar-refractivity contribution in [1.29, 1.82) is 0 Å². The molecule has 29 heavy (non-hydrogen) atoms. The van der Waals surface area contributed by atoms with Crippen LogP contribution in [0.5, 0.6) is 0 Å². The SMILES string of the molecule is C=C(C)CNC(=O)c1cc(-c2cccc(NC(C)=O)c2)cnc1N(C)S(C)(=O)=O. The van der Waals surface area contributed by atoms with Crippen LogP contribution in [0.15, 0.2) is 48.7 Å². The Morgan fingerprint density at radius 2 is 1.86 bits per heavy atom. The molecule has 8 nitrogen and oxygen atoms in total. The molecule has 0 atom stereocenters. The van der Waals surface area contributed by atoms with E-state index in [1.165, 1.54) is 20.2 Å². The first-order valence-corrected chi connectivity index (χ1v) is 10.6. The van der Waals surface area contributed by atoms with Gasteiger partial charge in [-0.2, -0.15) is 0 Å². The zero-order chi connectivity index (χ0) is 21.8. The molecule has 2 N–H and O–H groups in total. The van der Waals surface area contributed by atoms with Crippen molar-refractivity contribution in [3.63, 3.8) is 0 Å². The Hall–Kier alpha value is -3.20. The van der Waals surface area contributed by atoms with Gasteiger partial charge in [-0.15, -0.1) is 0 Å². The van der Waals surface area contributed by atoms with Gasteiger partial charge in [0.15, 0.2) is 5.82 Å². The smallest absolute Gasteiger partial charge is 0.255 e. The Bertz CT molecular complexity index is 1060. The molecule has 0 aliphatic rings. The Morgan fingerprint density at radius 1 is 1.17 bits per heavy atom. The second-order valence-corrected chi connectivity index (χ2v) is 8.74. The third-order valence-corrected chi connectivity index (χ3v) is 5.14. The fourth-order valence-electron chi connectivity index (χ4n) is 2.50. The summed E-state index contributed by atoms with van der Waals surface area (Å²) in [5, 5.41) is 5.40. The number of amides is 2. The van der Waals surface area contributed by atoms with Crippen LogP contribution in [-0.4, -0.2) is 45.1 Å². The average molecular weight is 417 g/mol. The minimum absolute atomic E-state index is 0.0217. The Kier molecular flexibility index (Phi) is 6.76. The van der Waals surface area contributed by atoms with E-state index in [0.29, 0.717) is 16.8 Å². The van der Waals surface area contributed by atoms with E-state index in [1.54, 1.807) is 37.3 Å². The molecule has 0 aliphatic heterocycles. The standard InChI is InChI=1S/C20H24N4O4S/c1-13(2)11-22-20(26)18-10-16(12-21-19(18)24(4)29(5,27)28)15-7-6-8-17(9-15)23-14(3)25/h6-10,12H,1,11H2,2-5H3,(H,22,26)(H,23,25). The highest BCUT2D eigenvalue weighted by Gasteiger charge is 2.22. The maximum Gasteiger partial charge on any atom is 0.255 e. The van der Waals surface area contributed by atoms with Crippen LogP contribution < -0.4 is 14.9 Å². The van der Waals surface area contributed by atoms with Gasteiger partial charge < -0.3 is 10.6 Å². The van der Waals surface area contributed by atoms with Gasteiger partial charge in [-0.25, -0.2) is 13.4 Å². The van der Waals surface area contributed by atoms with Gasteiger partial charge >= 0.3 is 0 Å². The number of carbonyl (C=O) groups excluding carboxylic acids is 2. The third-order valence-electron chi connectivity index (χ3n) is 3.97. The number of nitrogens with zero attached hydrogens (tertiary/aromatic N) is 2. The summed E-state index contributed by atoms with van der Waals surface area (Å²) < 4.78 is 24.9. The highest BCUT2D eigenvalue weighted by atomic mass is 32.2. The zero-order valence-electron chi connectivity index (χ0n) is 16.8. The van der Waals surface area contributed by atoms with Crippen LogP contribution in [0.25, 0.3) is 11.1 Å². The summed E-state index contributed by atoms with van der Waals surface area (Å²) in [5.41, 5.74) is 2.78. The Labute approximate surface area is 170 Å². The summed E-state index contributed by atoms with van der Waals surface area (Å²) in [6.07, 6.45) is 2.52. The number of benzene rings is 1. The highest BCUT2D eigenvalue weighted by molar-refractivity contribution is 7.92. The highest BCUT2D eigenvalue weighted by Crippen LogP contribution is 2.27. The summed E-state index contributed by atoms with van der Waals surface area (Å²) in [4.78, 5) is 28.3. The van der Waals surface area contributed by atoms with Crippen LogP contribution in [-0.2, 0) is 14.8 Å². The molecule has 0 saturated heterocycles. The molecule has 2 rings (SSSR count). The molecule has 0 fully saturated rings. The van der Waals surface area contributed by atoms with E-state index in [1.807, 2.05) is 0 Å². The molecular weight excluding hydrogens is 392 g/mol. The second kappa shape index (κ2) is 8.87. The van der Waals surface area contributed by atoms with Crippen molar-refractivity contribution in [3.05, 3.63) is 54.2 Å². The molecule has 0 aliphatic carbocycles. The number of aromatic nitrogens is 1. The predicted octanol–water partition coefficient (Wildman–Crippen LogP) is 2.41. The molecule has 1 heterocycles. The molecule has 1 aromatic heterocycles. The molecule has 0 unspecified atom stereocenters. The fraction of sp³-hybridized carbons (Fsp3) is 0.250. The van der Waals surface area contributed by atoms with Crippen molar-refractivity contribution in [1.82, 2.24) is 10.3 Å². The normalized spacial score (nSPS) is 10.9. The summed E-state index contributed by atoms with van der Waals surface area (Å²) in [7, 11) is -2.28. The first-order valence-electron chi connectivity index (χ1n) is 8.73. The van der Waals surface area contributed by atoms with Gasteiger partial charge in [-0.05, 0) is 30.7 Å². The van der Waals surface area contributed by atoms with Gasteiger partial charge in [0.25, 0.3) is 5.91 Å². The van der Waals surface area contributed by atoms with Crippen molar-refractivity contribution < 1.29 is 18.0 Å². The maximum atomic E-state index is 12.7. The largest absolute Gasteiger partial charge is 0.348 e. The average Bonchev–Trinajstić information content (AvgIpc) is 2.64. The first-order chi connectivity index (χ1) is 13.5. The van der Waals surface area contributed by atoms with E-state index in [4.69, 9.17) is 0 Å². The van der Waals surface area contributed by atoms with Crippen LogP contribution >= 0.6 is 0 Å². The van der Waals surface area contributed by atoms with E-state index in [9.17, 15) is 18.0 Å². The van der Waals surface area contributed by atoms with Gasteiger partial charge in [0.2, 0.25) is 15.9 Å². The van der Waals surface area contributed by atoms with Crippen molar-refractivity contribution in [2.75, 3.05) is 29.5 Å². The first kappa shape index (κ1) is 22.1. The van der Waals surface area contributed by atoms with Gasteiger partial charge in [0.1, 0.15) is 0 Å². The number of nitrogens with one attached hydrogen (secondary N) is 2. The quantitative estimate of drug-likeness (QED) is 0.674. The molecular formula is C20H24N4O4S. The summed E-state index contributed by atoms with van der Waals surface area (Å²) in [6.45, 7) is 7.18. The lowest BCUT2D eigenvalue weighted by Crippen LogP contribution is -2.31. The topological polar surface area (TPSA) is 108 Å². The minimum atomic E-state index is -3.62. The predicted molar refractivity (Wildman–Crippen MR) is 114 cm³/mol. The third kappa shape index (κ3) is 5.89. The van der Waals surface area contributed by atoms with E-state index in [-0.39, 0.29) is 23.8 Å². The number of hydrogen-bond acceptors (Lipinski definition) is 5. The summed E-state index contributed by atoms with van der Waals surface area (Å²) >= 11 is 0. The lowest BCUT2D eigenvalue weighted by atomic mass is 10.0. The summed E-state index contributed by atoms with van der Waals surface area (Å²) in [5.74, 6) is -0.649. The number of pyridine rings is 1. The van der Waals surface area contributed by atoms with Crippen molar-refractivity contribution in [2.45, 2.75) is 13.8 Å². The molecule has 154 valence electrons. The van der Waals surface area contributed by atoms with Crippen LogP contribution in [0.2, 0.25) is 0 Å². The molecule has 2 amide bonds. The lowest BCUT2D eigenvalue weighted by molar-refractivity contribution is -0.114. The Balaban J connectivity index is 2.54. The molecule has 9 heteroatoms. The zero-order valence-corrected chi connectivity index (χ0v) is 17.6. The van der Waals surface area contributed by atoms with Crippen LogP contribution in [0.3, 0.4) is 0 Å². The van der Waals surface area contributed by atoms with Gasteiger partial charge in [-0.3, -0.25) is 13.9 Å². The minimum Gasteiger partial charge on any atom is -0.348 e. The van der Waals surface area contributed by atoms with Gasteiger partial charge in [0.05, 0.1) is 11.8 Å². The van der Waals surface area contributed by atoms with Crippen molar-refractivity contribution >= 4 is 33.3 Å². The maximum absolute atomic E-state index is 12.7. The van der Waals surface area contributed by atoms with E-state index >= 15 is 0 Å². The Morgan fingerprint density at radius 3 is 2.45 bits per heavy atom. The number of hydrogen-bond donors (Lipinski definition) is 2. The lowest BCUT2D eigenvalue weighted by Gasteiger charge is -2.19. The van der Waals surface area contributed by atoms with E-state index in [2.05, 4.69) is 22.2 Å². The van der Waals surface area contributed by atoms with Crippen LogP contribution in [0.1, 0.15) is 24.2 Å². The molecule has 0 saturated carbocycles. The van der Waals surface area contributed by atoms with Gasteiger partial charge in [0, 0.05) is 38.0 Å². The monoisotopic (exact) mass is 416 g/mol. The molecule has 0 spiro atoms.